The summed E-state index contributed by atoms with van der Waals surface area (Å²) in [5.41, 5.74) is 2.69. The van der Waals surface area contributed by atoms with Gasteiger partial charge >= 0.3 is 5.97 Å². The summed E-state index contributed by atoms with van der Waals surface area (Å²) >= 11 is 0. The lowest BCUT2D eigenvalue weighted by Crippen LogP contribution is -2.25. The van der Waals surface area contributed by atoms with Crippen LogP contribution in [-0.2, 0) is 6.54 Å². The van der Waals surface area contributed by atoms with Crippen molar-refractivity contribution in [2.45, 2.75) is 39.3 Å². The molecule has 17 heavy (non-hydrogen) atoms. The van der Waals surface area contributed by atoms with Crippen LogP contribution in [-0.4, -0.2) is 28.6 Å². The molecule has 0 spiro atoms. The molecule has 1 aromatic carbocycles. The highest BCUT2D eigenvalue weighted by Crippen LogP contribution is 2.28. The van der Waals surface area contributed by atoms with Gasteiger partial charge in [0.1, 0.15) is 0 Å². The van der Waals surface area contributed by atoms with Crippen LogP contribution in [0.3, 0.4) is 0 Å². The first kappa shape index (κ1) is 12.1. The van der Waals surface area contributed by atoms with Crippen LogP contribution < -0.4 is 0 Å². The Hall–Kier alpha value is -1.35. The number of carboxylic acids is 1. The number of hydrogen-bond acceptors (Lipinski definition) is 2. The summed E-state index contributed by atoms with van der Waals surface area (Å²) in [6.45, 7) is 6.17. The largest absolute Gasteiger partial charge is 0.478 e. The van der Waals surface area contributed by atoms with Crippen LogP contribution in [0.4, 0.5) is 0 Å². The molecule has 0 unspecified atom stereocenters. The standard InChI is InChI=1S/C14H19NO2/c1-3-15(13-6-7-13)9-12-5-4-11(14(16)17)8-10(12)2/h4-5,8,13H,3,6-7,9H2,1-2H3,(H,16,17). The molecule has 1 saturated carbocycles. The summed E-state index contributed by atoms with van der Waals surface area (Å²) in [6, 6.07) is 6.16. The van der Waals surface area contributed by atoms with Crippen molar-refractivity contribution in [3.63, 3.8) is 0 Å². The number of hydrogen-bond donors (Lipinski definition) is 1. The Balaban J connectivity index is 2.12. The molecule has 1 aliphatic carbocycles. The monoisotopic (exact) mass is 233 g/mol. The predicted molar refractivity (Wildman–Crippen MR) is 67.2 cm³/mol. The molecule has 0 heterocycles. The Morgan fingerprint density at radius 1 is 1.47 bits per heavy atom. The number of benzene rings is 1. The molecule has 0 atom stereocenters. The molecule has 2 rings (SSSR count). The Kier molecular flexibility index (Phi) is 3.48. The average molecular weight is 233 g/mol. The van der Waals surface area contributed by atoms with Crippen molar-refractivity contribution in [2.75, 3.05) is 6.54 Å². The zero-order valence-corrected chi connectivity index (χ0v) is 10.4. The molecule has 3 heteroatoms. The maximum absolute atomic E-state index is 10.9. The molecule has 1 aromatic rings. The van der Waals surface area contributed by atoms with Gasteiger partial charge in [0.2, 0.25) is 0 Å². The topological polar surface area (TPSA) is 40.5 Å². The lowest BCUT2D eigenvalue weighted by atomic mass is 10.0. The van der Waals surface area contributed by atoms with Gasteiger partial charge in [-0.2, -0.15) is 0 Å². The second kappa shape index (κ2) is 4.88. The highest BCUT2D eigenvalue weighted by Gasteiger charge is 2.27. The van der Waals surface area contributed by atoms with Crippen LogP contribution in [0.1, 0.15) is 41.3 Å². The lowest BCUT2D eigenvalue weighted by molar-refractivity contribution is 0.0696. The number of aromatic carboxylic acids is 1. The van der Waals surface area contributed by atoms with Crippen molar-refractivity contribution in [1.82, 2.24) is 4.90 Å². The van der Waals surface area contributed by atoms with Crippen molar-refractivity contribution in [1.29, 1.82) is 0 Å². The summed E-state index contributed by atoms with van der Waals surface area (Å²) in [7, 11) is 0. The molecule has 0 aliphatic heterocycles. The van der Waals surface area contributed by atoms with Gasteiger partial charge in [-0.3, -0.25) is 4.90 Å². The molecule has 0 amide bonds. The Morgan fingerprint density at radius 2 is 2.18 bits per heavy atom. The Bertz CT molecular complexity index is 424. The van der Waals surface area contributed by atoms with Crippen molar-refractivity contribution < 1.29 is 9.90 Å². The molecule has 0 saturated heterocycles. The number of rotatable bonds is 5. The molecular formula is C14H19NO2. The van der Waals surface area contributed by atoms with E-state index in [1.807, 2.05) is 13.0 Å². The molecule has 1 fully saturated rings. The van der Waals surface area contributed by atoms with Crippen molar-refractivity contribution in [3.05, 3.63) is 34.9 Å². The normalized spacial score (nSPS) is 15.2. The number of nitrogens with zero attached hydrogens (tertiary/aromatic N) is 1. The first-order valence-electron chi connectivity index (χ1n) is 6.18. The molecule has 3 nitrogen and oxygen atoms in total. The second-order valence-corrected chi connectivity index (χ2v) is 4.74. The number of carboxylic acid groups (broad SMARTS) is 1. The van der Waals surface area contributed by atoms with Crippen LogP contribution in [0.15, 0.2) is 18.2 Å². The molecule has 0 radical (unpaired) electrons. The fourth-order valence-corrected chi connectivity index (χ4v) is 2.16. The molecule has 1 aliphatic rings. The van der Waals surface area contributed by atoms with Gasteiger partial charge in [-0.25, -0.2) is 4.79 Å². The quantitative estimate of drug-likeness (QED) is 0.850. The van der Waals surface area contributed by atoms with E-state index in [0.29, 0.717) is 5.56 Å². The predicted octanol–water partition coefficient (Wildman–Crippen LogP) is 2.68. The summed E-state index contributed by atoms with van der Waals surface area (Å²) in [5.74, 6) is -0.853. The fraction of sp³-hybridized carbons (Fsp3) is 0.500. The minimum absolute atomic E-state index is 0.376. The lowest BCUT2D eigenvalue weighted by Gasteiger charge is -2.21. The van der Waals surface area contributed by atoms with E-state index in [4.69, 9.17) is 5.11 Å². The van der Waals surface area contributed by atoms with E-state index in [1.165, 1.54) is 18.4 Å². The van der Waals surface area contributed by atoms with Gasteiger partial charge in [0.15, 0.2) is 0 Å². The van der Waals surface area contributed by atoms with Gasteiger partial charge in [-0.1, -0.05) is 13.0 Å². The van der Waals surface area contributed by atoms with Crippen LogP contribution in [0.25, 0.3) is 0 Å². The van der Waals surface area contributed by atoms with Gasteiger partial charge in [-0.05, 0) is 49.6 Å². The third kappa shape index (κ3) is 2.86. The van der Waals surface area contributed by atoms with E-state index >= 15 is 0 Å². The summed E-state index contributed by atoms with van der Waals surface area (Å²) in [4.78, 5) is 13.3. The van der Waals surface area contributed by atoms with Crippen LogP contribution in [0, 0.1) is 6.92 Å². The maximum Gasteiger partial charge on any atom is 0.335 e. The summed E-state index contributed by atoms with van der Waals surface area (Å²) < 4.78 is 0. The molecule has 92 valence electrons. The first-order valence-corrected chi connectivity index (χ1v) is 6.18. The van der Waals surface area contributed by atoms with Crippen LogP contribution in [0.5, 0.6) is 0 Å². The van der Waals surface area contributed by atoms with Crippen molar-refractivity contribution in [2.24, 2.45) is 0 Å². The Labute approximate surface area is 102 Å². The third-order valence-corrected chi connectivity index (χ3v) is 3.43. The highest BCUT2D eigenvalue weighted by atomic mass is 16.4. The van der Waals surface area contributed by atoms with Gasteiger partial charge in [0.25, 0.3) is 0 Å². The van der Waals surface area contributed by atoms with Crippen LogP contribution >= 0.6 is 0 Å². The average Bonchev–Trinajstić information content (AvgIpc) is 3.11. The second-order valence-electron chi connectivity index (χ2n) is 4.74. The van der Waals surface area contributed by atoms with Gasteiger partial charge < -0.3 is 5.11 Å². The summed E-state index contributed by atoms with van der Waals surface area (Å²) in [5, 5.41) is 8.92. The van der Waals surface area contributed by atoms with Crippen molar-refractivity contribution >= 4 is 5.97 Å². The highest BCUT2D eigenvalue weighted by molar-refractivity contribution is 5.87. The van der Waals surface area contributed by atoms with Crippen LogP contribution in [0.2, 0.25) is 0 Å². The van der Waals surface area contributed by atoms with Gasteiger partial charge in [-0.15, -0.1) is 0 Å². The fourth-order valence-electron chi connectivity index (χ4n) is 2.16. The summed E-state index contributed by atoms with van der Waals surface area (Å²) in [6.07, 6.45) is 2.61. The zero-order valence-electron chi connectivity index (χ0n) is 10.4. The van der Waals surface area contributed by atoms with Crippen molar-refractivity contribution in [3.8, 4) is 0 Å². The van der Waals surface area contributed by atoms with Gasteiger partial charge in [0, 0.05) is 12.6 Å². The van der Waals surface area contributed by atoms with E-state index in [2.05, 4.69) is 11.8 Å². The van der Waals surface area contributed by atoms with E-state index in [9.17, 15) is 4.79 Å². The molecule has 1 N–H and O–H groups in total. The van der Waals surface area contributed by atoms with E-state index in [-0.39, 0.29) is 0 Å². The minimum atomic E-state index is -0.853. The SMILES string of the molecule is CCN(Cc1ccc(C(=O)O)cc1C)C1CC1. The van der Waals surface area contributed by atoms with Gasteiger partial charge in [0.05, 0.1) is 5.56 Å². The zero-order chi connectivity index (χ0) is 12.4. The smallest absolute Gasteiger partial charge is 0.335 e. The number of carbonyl (C=O) groups is 1. The van der Waals surface area contributed by atoms with E-state index in [1.54, 1.807) is 12.1 Å². The molecule has 0 bridgehead atoms. The first-order chi connectivity index (χ1) is 8.11. The molecule has 0 aromatic heterocycles. The van der Waals surface area contributed by atoms with E-state index < -0.39 is 5.97 Å². The third-order valence-electron chi connectivity index (χ3n) is 3.43. The maximum atomic E-state index is 10.9. The molecular weight excluding hydrogens is 214 g/mol. The minimum Gasteiger partial charge on any atom is -0.478 e. The number of aryl methyl sites for hydroxylation is 1. The Morgan fingerprint density at radius 3 is 2.65 bits per heavy atom. The van der Waals surface area contributed by atoms with E-state index in [0.717, 1.165) is 24.7 Å².